The molecule has 0 aromatic heterocycles. The molecule has 2 amide bonds. The molecule has 4 N–H and O–H groups in total. The lowest BCUT2D eigenvalue weighted by atomic mass is 10.2. The Morgan fingerprint density at radius 3 is 2.45 bits per heavy atom. The van der Waals surface area contributed by atoms with Crippen LogP contribution in [0.3, 0.4) is 0 Å². The zero-order valence-corrected chi connectivity index (χ0v) is 10.7. The van der Waals surface area contributed by atoms with Crippen LogP contribution in [-0.2, 0) is 20.7 Å². The Balaban J connectivity index is 2.35. The van der Waals surface area contributed by atoms with E-state index in [0.717, 1.165) is 5.56 Å². The number of nitrogens with one attached hydrogen (secondary N) is 1. The summed E-state index contributed by atoms with van der Waals surface area (Å²) in [6, 6.07) is 7.99. The summed E-state index contributed by atoms with van der Waals surface area (Å²) in [5.74, 6) is -2.16. The molecule has 0 saturated carbocycles. The van der Waals surface area contributed by atoms with Crippen molar-refractivity contribution in [1.29, 1.82) is 0 Å². The van der Waals surface area contributed by atoms with Gasteiger partial charge in [0, 0.05) is 6.42 Å². The maximum Gasteiger partial charge on any atom is 0.407 e. The van der Waals surface area contributed by atoms with Gasteiger partial charge in [-0.3, -0.25) is 4.79 Å². The van der Waals surface area contributed by atoms with Crippen LogP contribution >= 0.6 is 0 Å². The third kappa shape index (κ3) is 5.85. The fraction of sp³-hybridized carbons (Fsp3) is 0.308. The van der Waals surface area contributed by atoms with Crippen molar-refractivity contribution < 1.29 is 24.2 Å². The van der Waals surface area contributed by atoms with Gasteiger partial charge in [-0.1, -0.05) is 30.3 Å². The Bertz CT molecular complexity index is 475. The Morgan fingerprint density at radius 2 is 1.90 bits per heavy atom. The molecular formula is C13H16N2O5. The van der Waals surface area contributed by atoms with E-state index in [-0.39, 0.29) is 6.61 Å². The number of amides is 2. The lowest BCUT2D eigenvalue weighted by Gasteiger charge is -2.12. The van der Waals surface area contributed by atoms with Crippen molar-refractivity contribution in [3.8, 4) is 0 Å². The van der Waals surface area contributed by atoms with Gasteiger partial charge in [-0.15, -0.1) is 0 Å². The number of benzene rings is 1. The molecule has 1 rings (SSSR count). The fourth-order valence-corrected chi connectivity index (χ4v) is 1.49. The number of rotatable bonds is 7. The van der Waals surface area contributed by atoms with Gasteiger partial charge in [-0.25, -0.2) is 9.59 Å². The minimum absolute atomic E-state index is 0.110. The first-order valence-electron chi connectivity index (χ1n) is 5.97. The van der Waals surface area contributed by atoms with Crippen LogP contribution in [0.25, 0.3) is 0 Å². The third-order valence-corrected chi connectivity index (χ3v) is 2.46. The van der Waals surface area contributed by atoms with E-state index >= 15 is 0 Å². The lowest BCUT2D eigenvalue weighted by Crippen LogP contribution is -2.43. The molecule has 0 spiro atoms. The molecule has 0 aliphatic heterocycles. The summed E-state index contributed by atoms with van der Waals surface area (Å²) in [6.07, 6.45) is -0.861. The number of nitrogens with two attached hydrogens (primary N) is 1. The fourth-order valence-electron chi connectivity index (χ4n) is 1.49. The molecule has 1 aromatic rings. The quantitative estimate of drug-likeness (QED) is 0.663. The second-order valence-corrected chi connectivity index (χ2v) is 4.08. The number of alkyl carbamates (subject to hydrolysis) is 1. The number of carboxylic acids is 1. The topological polar surface area (TPSA) is 119 Å². The van der Waals surface area contributed by atoms with Crippen molar-refractivity contribution in [1.82, 2.24) is 5.32 Å². The standard InChI is InChI=1S/C13H16N2O5/c14-11(16)8-10(12(17)18)15-13(19)20-7-6-9-4-2-1-3-5-9/h1-5,10H,6-8H2,(H2,14,16)(H,15,19)(H,17,18)/t10-/m0/s1. The zero-order valence-electron chi connectivity index (χ0n) is 10.7. The number of carbonyl (C=O) groups is 3. The minimum atomic E-state index is -1.38. The molecule has 0 aliphatic rings. The van der Waals surface area contributed by atoms with Gasteiger partial charge in [0.15, 0.2) is 0 Å². The van der Waals surface area contributed by atoms with Crippen LogP contribution in [0.4, 0.5) is 4.79 Å². The van der Waals surface area contributed by atoms with Gasteiger partial charge in [-0.2, -0.15) is 0 Å². The molecule has 108 valence electrons. The largest absolute Gasteiger partial charge is 0.480 e. The molecule has 0 bridgehead atoms. The predicted molar refractivity (Wildman–Crippen MR) is 69.9 cm³/mol. The summed E-state index contributed by atoms with van der Waals surface area (Å²) in [6.45, 7) is 0.110. The zero-order chi connectivity index (χ0) is 15.0. The number of primary amides is 1. The average molecular weight is 280 g/mol. The number of ether oxygens (including phenoxy) is 1. The second-order valence-electron chi connectivity index (χ2n) is 4.08. The van der Waals surface area contributed by atoms with E-state index < -0.39 is 30.4 Å². The van der Waals surface area contributed by atoms with Gasteiger partial charge in [0.1, 0.15) is 6.04 Å². The molecule has 1 atom stereocenters. The van der Waals surface area contributed by atoms with E-state index in [4.69, 9.17) is 15.6 Å². The van der Waals surface area contributed by atoms with Crippen LogP contribution in [0.15, 0.2) is 30.3 Å². The van der Waals surface area contributed by atoms with Crippen LogP contribution in [-0.4, -0.2) is 35.7 Å². The van der Waals surface area contributed by atoms with Crippen molar-refractivity contribution >= 4 is 18.0 Å². The number of hydrogen-bond acceptors (Lipinski definition) is 4. The van der Waals surface area contributed by atoms with Crippen molar-refractivity contribution in [3.05, 3.63) is 35.9 Å². The number of carbonyl (C=O) groups excluding carboxylic acids is 2. The van der Waals surface area contributed by atoms with Crippen molar-refractivity contribution in [3.63, 3.8) is 0 Å². The first-order valence-corrected chi connectivity index (χ1v) is 5.97. The van der Waals surface area contributed by atoms with Crippen LogP contribution in [0.5, 0.6) is 0 Å². The summed E-state index contributed by atoms with van der Waals surface area (Å²) in [5.41, 5.74) is 5.88. The van der Waals surface area contributed by atoms with Gasteiger partial charge < -0.3 is 20.9 Å². The summed E-state index contributed by atoms with van der Waals surface area (Å²) in [4.78, 5) is 32.8. The summed E-state index contributed by atoms with van der Waals surface area (Å²) in [7, 11) is 0. The monoisotopic (exact) mass is 280 g/mol. The molecule has 7 nitrogen and oxygen atoms in total. The summed E-state index contributed by atoms with van der Waals surface area (Å²) in [5, 5.41) is 10.9. The smallest absolute Gasteiger partial charge is 0.407 e. The first-order chi connectivity index (χ1) is 9.49. The molecule has 0 heterocycles. The highest BCUT2D eigenvalue weighted by Crippen LogP contribution is 2.00. The van der Waals surface area contributed by atoms with E-state index in [1.54, 1.807) is 0 Å². The summed E-state index contributed by atoms with van der Waals surface area (Å²) >= 11 is 0. The van der Waals surface area contributed by atoms with Crippen LogP contribution < -0.4 is 11.1 Å². The molecule has 20 heavy (non-hydrogen) atoms. The predicted octanol–water partition coefficient (Wildman–Crippen LogP) is 0.284. The Hall–Kier alpha value is -2.57. The van der Waals surface area contributed by atoms with E-state index in [9.17, 15) is 14.4 Å². The highest BCUT2D eigenvalue weighted by atomic mass is 16.5. The van der Waals surface area contributed by atoms with Gasteiger partial charge in [0.2, 0.25) is 5.91 Å². The molecule has 7 heteroatoms. The van der Waals surface area contributed by atoms with Crippen molar-refractivity contribution in [2.75, 3.05) is 6.61 Å². The van der Waals surface area contributed by atoms with E-state index in [0.29, 0.717) is 6.42 Å². The van der Waals surface area contributed by atoms with Gasteiger partial charge in [0.25, 0.3) is 0 Å². The Morgan fingerprint density at radius 1 is 1.25 bits per heavy atom. The normalized spacial score (nSPS) is 11.4. The average Bonchev–Trinajstić information content (AvgIpc) is 2.38. The molecule has 0 saturated heterocycles. The molecule has 0 fully saturated rings. The molecule has 0 unspecified atom stereocenters. The van der Waals surface area contributed by atoms with Crippen molar-refractivity contribution in [2.45, 2.75) is 18.9 Å². The minimum Gasteiger partial charge on any atom is -0.480 e. The van der Waals surface area contributed by atoms with Gasteiger partial charge in [0.05, 0.1) is 13.0 Å². The van der Waals surface area contributed by atoms with Crippen LogP contribution in [0, 0.1) is 0 Å². The molecule has 1 aromatic carbocycles. The lowest BCUT2D eigenvalue weighted by molar-refractivity contribution is -0.141. The van der Waals surface area contributed by atoms with Gasteiger partial charge in [-0.05, 0) is 5.56 Å². The van der Waals surface area contributed by atoms with Crippen LogP contribution in [0.1, 0.15) is 12.0 Å². The van der Waals surface area contributed by atoms with Crippen LogP contribution in [0.2, 0.25) is 0 Å². The number of carboxylic acid groups (broad SMARTS) is 1. The molecular weight excluding hydrogens is 264 g/mol. The number of aliphatic carboxylic acids is 1. The highest BCUT2D eigenvalue weighted by molar-refractivity contribution is 5.86. The molecule has 0 radical (unpaired) electrons. The molecule has 0 aliphatic carbocycles. The SMILES string of the molecule is NC(=O)C[C@H](NC(=O)OCCc1ccccc1)C(=O)O. The third-order valence-electron chi connectivity index (χ3n) is 2.46. The number of hydrogen-bond donors (Lipinski definition) is 3. The first kappa shape index (κ1) is 15.5. The second kappa shape index (κ2) is 7.78. The summed E-state index contributed by atoms with van der Waals surface area (Å²) < 4.78 is 4.84. The van der Waals surface area contributed by atoms with E-state index in [1.807, 2.05) is 30.3 Å². The van der Waals surface area contributed by atoms with E-state index in [2.05, 4.69) is 5.32 Å². The van der Waals surface area contributed by atoms with Gasteiger partial charge >= 0.3 is 12.1 Å². The van der Waals surface area contributed by atoms with E-state index in [1.165, 1.54) is 0 Å². The highest BCUT2D eigenvalue weighted by Gasteiger charge is 2.22. The Kier molecular flexibility index (Phi) is 6.02. The Labute approximate surface area is 115 Å². The maximum atomic E-state index is 11.4. The maximum absolute atomic E-state index is 11.4. The van der Waals surface area contributed by atoms with Crippen molar-refractivity contribution in [2.24, 2.45) is 5.73 Å².